The maximum absolute atomic E-state index is 14.4. The molecule has 4 rings (SSSR count). The number of halogens is 1. The smallest absolute Gasteiger partial charge is 0.134 e. The summed E-state index contributed by atoms with van der Waals surface area (Å²) in [5.74, 6) is 1.22. The quantitative estimate of drug-likeness (QED) is 0.658. The first-order chi connectivity index (χ1) is 14.2. The van der Waals surface area contributed by atoms with Gasteiger partial charge >= 0.3 is 0 Å². The zero-order valence-electron chi connectivity index (χ0n) is 16.7. The summed E-state index contributed by atoms with van der Waals surface area (Å²) >= 11 is 0. The van der Waals surface area contributed by atoms with Gasteiger partial charge in [-0.2, -0.15) is 0 Å². The van der Waals surface area contributed by atoms with Crippen molar-refractivity contribution < 1.29 is 18.7 Å². The first-order valence-electron chi connectivity index (χ1n) is 10.0. The Kier molecular flexibility index (Phi) is 6.13. The molecule has 154 valence electrons. The number of aliphatic hydroxyl groups is 1. The molecule has 5 nitrogen and oxygen atoms in total. The average molecular weight is 398 g/mol. The molecule has 6 heteroatoms. The van der Waals surface area contributed by atoms with Crippen molar-refractivity contribution in [2.75, 3.05) is 33.4 Å². The molecule has 2 aromatic carbocycles. The van der Waals surface area contributed by atoms with Gasteiger partial charge < -0.3 is 14.3 Å². The molecule has 1 aromatic heterocycles. The van der Waals surface area contributed by atoms with Crippen LogP contribution in [0.2, 0.25) is 0 Å². The summed E-state index contributed by atoms with van der Waals surface area (Å²) in [5.41, 5.74) is 1.56. The summed E-state index contributed by atoms with van der Waals surface area (Å²) in [6.45, 7) is 3.88. The van der Waals surface area contributed by atoms with Crippen LogP contribution in [0.3, 0.4) is 0 Å². The van der Waals surface area contributed by atoms with E-state index in [4.69, 9.17) is 9.15 Å². The van der Waals surface area contributed by atoms with Crippen molar-refractivity contribution in [3.63, 3.8) is 0 Å². The third kappa shape index (κ3) is 4.61. The van der Waals surface area contributed by atoms with Crippen LogP contribution >= 0.6 is 0 Å². The van der Waals surface area contributed by atoms with E-state index in [0.29, 0.717) is 24.3 Å². The summed E-state index contributed by atoms with van der Waals surface area (Å²) in [4.78, 5) is 4.61. The van der Waals surface area contributed by atoms with Crippen molar-refractivity contribution in [2.24, 2.45) is 0 Å². The predicted octanol–water partition coefficient (Wildman–Crippen LogP) is 3.65. The predicted molar refractivity (Wildman–Crippen MR) is 110 cm³/mol. The number of ether oxygens (including phenoxy) is 1. The fraction of sp³-hybridized carbons (Fsp3) is 0.391. The van der Waals surface area contributed by atoms with Gasteiger partial charge in [0.25, 0.3) is 0 Å². The molecule has 1 aliphatic rings. The van der Waals surface area contributed by atoms with Gasteiger partial charge in [0.2, 0.25) is 0 Å². The van der Waals surface area contributed by atoms with Crippen LogP contribution < -0.4 is 4.74 Å². The maximum Gasteiger partial charge on any atom is 0.134 e. The van der Waals surface area contributed by atoms with Crippen LogP contribution in [0.5, 0.6) is 5.75 Å². The zero-order valence-corrected chi connectivity index (χ0v) is 16.7. The van der Waals surface area contributed by atoms with E-state index in [1.807, 2.05) is 18.2 Å². The molecule has 1 N–H and O–H groups in total. The van der Waals surface area contributed by atoms with E-state index in [1.54, 1.807) is 12.1 Å². The van der Waals surface area contributed by atoms with Crippen molar-refractivity contribution in [1.29, 1.82) is 0 Å². The molecule has 1 saturated heterocycles. The Labute approximate surface area is 170 Å². The molecule has 2 heterocycles. The molecule has 0 unspecified atom stereocenters. The van der Waals surface area contributed by atoms with Crippen molar-refractivity contribution in [3.05, 3.63) is 65.7 Å². The fourth-order valence-electron chi connectivity index (χ4n) is 4.07. The molecule has 3 aromatic rings. The Bertz CT molecular complexity index is 925. The van der Waals surface area contributed by atoms with E-state index in [-0.39, 0.29) is 18.5 Å². The molecule has 0 aliphatic carbocycles. The Morgan fingerprint density at radius 3 is 2.76 bits per heavy atom. The third-order valence-corrected chi connectivity index (χ3v) is 5.64. The Morgan fingerprint density at radius 1 is 1.14 bits per heavy atom. The van der Waals surface area contributed by atoms with E-state index in [1.165, 1.54) is 13.2 Å². The standard InChI is InChI=1S/C23H27FN2O3/c1-28-20-7-6-18(22(24)13-20)14-26-10-9-25(15-19(26)8-11-27)16-21-12-17-4-2-3-5-23(17)29-21/h2-7,12-13,19,27H,8-11,14-16H2,1H3/t19-/m1/s1. The van der Waals surface area contributed by atoms with E-state index in [9.17, 15) is 9.50 Å². The van der Waals surface area contributed by atoms with Crippen molar-refractivity contribution in [1.82, 2.24) is 9.80 Å². The first kappa shape index (κ1) is 19.9. The molecule has 29 heavy (non-hydrogen) atoms. The summed E-state index contributed by atoms with van der Waals surface area (Å²) < 4.78 is 25.4. The van der Waals surface area contributed by atoms with E-state index in [2.05, 4.69) is 21.9 Å². The topological polar surface area (TPSA) is 49.1 Å². The van der Waals surface area contributed by atoms with Gasteiger partial charge in [0, 0.05) is 55.8 Å². The summed E-state index contributed by atoms with van der Waals surface area (Å²) in [6.07, 6.45) is 0.661. The van der Waals surface area contributed by atoms with Crippen LogP contribution in [0.15, 0.2) is 52.9 Å². The summed E-state index contributed by atoms with van der Waals surface area (Å²) in [5, 5.41) is 10.7. The monoisotopic (exact) mass is 398 g/mol. The number of piperazine rings is 1. The number of para-hydroxylation sites is 1. The Morgan fingerprint density at radius 2 is 2.00 bits per heavy atom. The van der Waals surface area contributed by atoms with E-state index in [0.717, 1.165) is 42.9 Å². The lowest BCUT2D eigenvalue weighted by Gasteiger charge is -2.41. The normalized spacial score (nSPS) is 18.4. The lowest BCUT2D eigenvalue weighted by Crippen LogP contribution is -2.52. The molecule has 0 spiro atoms. The number of benzene rings is 2. The summed E-state index contributed by atoms with van der Waals surface area (Å²) in [7, 11) is 1.53. The SMILES string of the molecule is COc1ccc(CN2CCN(Cc3cc4ccccc4o3)C[C@H]2CCO)c(F)c1. The Balaban J connectivity index is 1.42. The zero-order chi connectivity index (χ0) is 20.2. The minimum Gasteiger partial charge on any atom is -0.497 e. The Hall–Kier alpha value is -2.41. The molecule has 0 amide bonds. The molecular weight excluding hydrogens is 371 g/mol. The number of fused-ring (bicyclic) bond motifs is 1. The lowest BCUT2D eigenvalue weighted by molar-refractivity contribution is 0.0464. The number of furan rings is 1. The molecule has 0 saturated carbocycles. The van der Waals surface area contributed by atoms with Gasteiger partial charge in [0.15, 0.2) is 0 Å². The highest BCUT2D eigenvalue weighted by atomic mass is 19.1. The van der Waals surface area contributed by atoms with Gasteiger partial charge in [-0.05, 0) is 24.6 Å². The second kappa shape index (κ2) is 8.95. The maximum atomic E-state index is 14.4. The minimum atomic E-state index is -0.253. The van der Waals surface area contributed by atoms with E-state index < -0.39 is 0 Å². The number of hydrogen-bond donors (Lipinski definition) is 1. The van der Waals surface area contributed by atoms with Gasteiger partial charge in [-0.15, -0.1) is 0 Å². The number of methoxy groups -OCH3 is 1. The first-order valence-corrected chi connectivity index (χ1v) is 10.0. The van der Waals surface area contributed by atoms with Crippen LogP contribution in [-0.4, -0.2) is 54.3 Å². The van der Waals surface area contributed by atoms with Gasteiger partial charge in [0.05, 0.1) is 13.7 Å². The highest BCUT2D eigenvalue weighted by Gasteiger charge is 2.28. The van der Waals surface area contributed by atoms with Gasteiger partial charge in [-0.1, -0.05) is 24.3 Å². The average Bonchev–Trinajstić information content (AvgIpc) is 3.13. The molecule has 1 aliphatic heterocycles. The van der Waals surface area contributed by atoms with Crippen molar-refractivity contribution >= 4 is 11.0 Å². The number of aliphatic hydroxyl groups excluding tert-OH is 1. The van der Waals surface area contributed by atoms with Gasteiger partial charge in [-0.3, -0.25) is 9.80 Å². The number of nitrogens with zero attached hydrogens (tertiary/aromatic N) is 2. The summed E-state index contributed by atoms with van der Waals surface area (Å²) in [6, 6.07) is 15.3. The number of hydrogen-bond acceptors (Lipinski definition) is 5. The van der Waals surface area contributed by atoms with Crippen LogP contribution in [0.25, 0.3) is 11.0 Å². The highest BCUT2D eigenvalue weighted by Crippen LogP contribution is 2.24. The van der Waals surface area contributed by atoms with Crippen LogP contribution in [-0.2, 0) is 13.1 Å². The second-order valence-electron chi connectivity index (χ2n) is 7.58. The minimum absolute atomic E-state index is 0.116. The molecule has 1 atom stereocenters. The largest absolute Gasteiger partial charge is 0.497 e. The third-order valence-electron chi connectivity index (χ3n) is 5.64. The fourth-order valence-corrected chi connectivity index (χ4v) is 4.07. The van der Waals surface area contributed by atoms with Crippen LogP contribution in [0.4, 0.5) is 4.39 Å². The van der Waals surface area contributed by atoms with E-state index >= 15 is 0 Å². The molecule has 1 fully saturated rings. The van der Waals surface area contributed by atoms with Gasteiger partial charge in [0.1, 0.15) is 22.9 Å². The van der Waals surface area contributed by atoms with Crippen molar-refractivity contribution in [2.45, 2.75) is 25.6 Å². The molecule has 0 bridgehead atoms. The molecular formula is C23H27FN2O3. The highest BCUT2D eigenvalue weighted by molar-refractivity contribution is 5.77. The van der Waals surface area contributed by atoms with Crippen LogP contribution in [0, 0.1) is 5.82 Å². The second-order valence-corrected chi connectivity index (χ2v) is 7.58. The van der Waals surface area contributed by atoms with Crippen LogP contribution in [0.1, 0.15) is 17.7 Å². The molecule has 0 radical (unpaired) electrons. The van der Waals surface area contributed by atoms with Crippen molar-refractivity contribution in [3.8, 4) is 5.75 Å². The van der Waals surface area contributed by atoms with Gasteiger partial charge in [-0.25, -0.2) is 4.39 Å². The number of rotatable bonds is 7. The lowest BCUT2D eigenvalue weighted by atomic mass is 10.1.